The number of para-hydroxylation sites is 1. The highest BCUT2D eigenvalue weighted by Gasteiger charge is 2.25. The Morgan fingerprint density at radius 1 is 1.09 bits per heavy atom. The van der Waals surface area contributed by atoms with Crippen molar-refractivity contribution in [2.75, 3.05) is 11.9 Å². The number of rotatable bonds is 7. The summed E-state index contributed by atoms with van der Waals surface area (Å²) in [5.41, 5.74) is 1.81. The van der Waals surface area contributed by atoms with E-state index in [1.165, 1.54) is 47.0 Å². The highest BCUT2D eigenvalue weighted by Crippen LogP contribution is 2.34. The molecule has 0 radical (unpaired) electrons. The second kappa shape index (κ2) is 9.79. The number of fused-ring (bicyclic) bond motifs is 1. The summed E-state index contributed by atoms with van der Waals surface area (Å²) in [5, 5.41) is 1.01. The lowest BCUT2D eigenvalue weighted by Crippen LogP contribution is -2.33. The number of carbonyl (C=O) groups excluding carboxylic acids is 1. The highest BCUT2D eigenvalue weighted by atomic mass is 35.5. The minimum absolute atomic E-state index is 0.130. The van der Waals surface area contributed by atoms with Crippen molar-refractivity contribution in [2.24, 2.45) is 0 Å². The van der Waals surface area contributed by atoms with Gasteiger partial charge in [0.25, 0.3) is 5.91 Å². The summed E-state index contributed by atoms with van der Waals surface area (Å²) in [6.07, 6.45) is 3.36. The van der Waals surface area contributed by atoms with E-state index in [0.717, 1.165) is 10.3 Å². The van der Waals surface area contributed by atoms with Crippen LogP contribution >= 0.6 is 22.9 Å². The molecular weight excluding hydrogens is 492 g/mol. The molecule has 176 valence electrons. The van der Waals surface area contributed by atoms with Crippen LogP contribution in [0.1, 0.15) is 29.8 Å². The number of sulfonamides is 1. The van der Waals surface area contributed by atoms with Crippen LogP contribution in [0.5, 0.6) is 0 Å². The summed E-state index contributed by atoms with van der Waals surface area (Å²) < 4.78 is 27.7. The highest BCUT2D eigenvalue weighted by molar-refractivity contribution is 7.89. The number of amides is 1. The van der Waals surface area contributed by atoms with Crippen molar-refractivity contribution in [3.05, 3.63) is 83.1 Å². The third kappa shape index (κ3) is 4.83. The Hall–Kier alpha value is -2.85. The van der Waals surface area contributed by atoms with Crippen LogP contribution in [0.3, 0.4) is 0 Å². The van der Waals surface area contributed by atoms with Crippen molar-refractivity contribution in [3.63, 3.8) is 0 Å². The molecule has 0 unspecified atom stereocenters. The van der Waals surface area contributed by atoms with Gasteiger partial charge < -0.3 is 0 Å². The van der Waals surface area contributed by atoms with Gasteiger partial charge in [-0.15, -0.1) is 0 Å². The first-order chi connectivity index (χ1) is 16.2. The number of thiazole rings is 1. The number of hydrogen-bond donors (Lipinski definition) is 0. The first-order valence-corrected chi connectivity index (χ1v) is 13.2. The average molecular weight is 515 g/mol. The molecule has 0 atom stereocenters. The molecule has 2 aromatic heterocycles. The number of halogens is 1. The zero-order valence-corrected chi connectivity index (χ0v) is 21.2. The molecule has 0 bridgehead atoms. The molecule has 34 heavy (non-hydrogen) atoms. The zero-order valence-electron chi connectivity index (χ0n) is 18.8. The summed E-state index contributed by atoms with van der Waals surface area (Å²) in [4.78, 5) is 24.0. The average Bonchev–Trinajstić information content (AvgIpc) is 3.27. The van der Waals surface area contributed by atoms with E-state index in [0.29, 0.717) is 21.2 Å². The molecule has 10 heteroatoms. The second-order valence-electron chi connectivity index (χ2n) is 7.97. The van der Waals surface area contributed by atoms with Crippen LogP contribution in [-0.2, 0) is 16.6 Å². The van der Waals surface area contributed by atoms with Crippen molar-refractivity contribution in [2.45, 2.75) is 31.3 Å². The van der Waals surface area contributed by atoms with E-state index in [-0.39, 0.29) is 23.4 Å². The van der Waals surface area contributed by atoms with Gasteiger partial charge in [0, 0.05) is 31.0 Å². The fourth-order valence-corrected chi connectivity index (χ4v) is 5.92. The van der Waals surface area contributed by atoms with Crippen LogP contribution in [0, 0.1) is 0 Å². The smallest absolute Gasteiger partial charge is 0.260 e. The minimum Gasteiger partial charge on any atom is -0.279 e. The maximum Gasteiger partial charge on any atom is 0.260 e. The standard InChI is InChI=1S/C24H23ClN4O3S2/c1-16(2)28(3)34(31,32)19-11-9-18(10-12-19)23(30)29(15-17-6-5-13-26-14-17)24-27-22-20(25)7-4-8-21(22)33-24/h4-14,16H,15H2,1-3H3. The molecule has 1 amide bonds. The number of carbonyl (C=O) groups is 1. The maximum atomic E-state index is 13.6. The summed E-state index contributed by atoms with van der Waals surface area (Å²) in [5.74, 6) is -0.305. The van der Waals surface area contributed by atoms with Gasteiger partial charge in [-0.2, -0.15) is 4.31 Å². The SMILES string of the molecule is CC(C)N(C)S(=O)(=O)c1ccc(C(=O)N(Cc2cccnc2)c2nc3c(Cl)cccc3s2)cc1. The Bertz CT molecular complexity index is 1420. The lowest BCUT2D eigenvalue weighted by molar-refractivity contribution is 0.0985. The molecular formula is C24H23ClN4O3S2. The fourth-order valence-electron chi connectivity index (χ4n) is 3.29. The second-order valence-corrected chi connectivity index (χ2v) is 11.4. The van der Waals surface area contributed by atoms with Crippen molar-refractivity contribution in [1.82, 2.24) is 14.3 Å². The van der Waals surface area contributed by atoms with Gasteiger partial charge in [-0.05, 0) is 61.9 Å². The van der Waals surface area contributed by atoms with Crippen LogP contribution in [0.15, 0.2) is 71.9 Å². The van der Waals surface area contributed by atoms with Gasteiger partial charge in [0.05, 0.1) is 21.2 Å². The molecule has 7 nitrogen and oxygen atoms in total. The normalized spacial score (nSPS) is 11.9. The molecule has 4 rings (SSSR count). The van der Waals surface area contributed by atoms with E-state index in [9.17, 15) is 13.2 Å². The minimum atomic E-state index is -3.65. The maximum absolute atomic E-state index is 13.6. The zero-order chi connectivity index (χ0) is 24.5. The summed E-state index contributed by atoms with van der Waals surface area (Å²) in [6, 6.07) is 15.0. The monoisotopic (exact) mass is 514 g/mol. The predicted molar refractivity (Wildman–Crippen MR) is 136 cm³/mol. The Balaban J connectivity index is 1.71. The first-order valence-electron chi connectivity index (χ1n) is 10.5. The van der Waals surface area contributed by atoms with Crippen LogP contribution in [0.4, 0.5) is 5.13 Å². The topological polar surface area (TPSA) is 83.5 Å². The predicted octanol–water partition coefficient (Wildman–Crippen LogP) is 5.22. The molecule has 2 aromatic carbocycles. The summed E-state index contributed by atoms with van der Waals surface area (Å²) in [7, 11) is -2.11. The van der Waals surface area contributed by atoms with Crippen molar-refractivity contribution in [1.29, 1.82) is 0 Å². The van der Waals surface area contributed by atoms with Gasteiger partial charge in [0.2, 0.25) is 10.0 Å². The van der Waals surface area contributed by atoms with Crippen molar-refractivity contribution >= 4 is 54.2 Å². The molecule has 0 saturated heterocycles. The Labute approximate surface area is 207 Å². The lowest BCUT2D eigenvalue weighted by atomic mass is 10.2. The fraction of sp³-hybridized carbons (Fsp3) is 0.208. The van der Waals surface area contributed by atoms with Gasteiger partial charge in [-0.25, -0.2) is 13.4 Å². The summed E-state index contributed by atoms with van der Waals surface area (Å²) in [6.45, 7) is 3.85. The molecule has 0 fully saturated rings. The van der Waals surface area contributed by atoms with Crippen LogP contribution in [0.2, 0.25) is 5.02 Å². The molecule has 0 N–H and O–H groups in total. The number of aromatic nitrogens is 2. The van der Waals surface area contributed by atoms with E-state index in [4.69, 9.17) is 11.6 Å². The third-order valence-electron chi connectivity index (χ3n) is 5.40. The number of nitrogens with zero attached hydrogens (tertiary/aromatic N) is 4. The molecule has 2 heterocycles. The third-order valence-corrected chi connectivity index (χ3v) is 8.80. The van der Waals surface area contributed by atoms with Crippen LogP contribution in [0.25, 0.3) is 10.2 Å². The van der Waals surface area contributed by atoms with E-state index >= 15 is 0 Å². The van der Waals surface area contributed by atoms with Gasteiger partial charge in [-0.3, -0.25) is 14.7 Å². The van der Waals surface area contributed by atoms with E-state index in [1.54, 1.807) is 43.3 Å². The molecule has 4 aromatic rings. The molecule has 0 saturated carbocycles. The van der Waals surface area contributed by atoms with Gasteiger partial charge in [-0.1, -0.05) is 35.1 Å². The number of benzene rings is 2. The molecule has 0 aliphatic rings. The van der Waals surface area contributed by atoms with E-state index in [2.05, 4.69) is 9.97 Å². The lowest BCUT2D eigenvalue weighted by Gasteiger charge is -2.22. The molecule has 0 aliphatic heterocycles. The molecule has 0 spiro atoms. The molecule has 0 aliphatic carbocycles. The Kier molecular flexibility index (Phi) is 6.99. The number of pyridine rings is 1. The summed E-state index contributed by atoms with van der Waals surface area (Å²) >= 11 is 7.67. The Morgan fingerprint density at radius 3 is 2.44 bits per heavy atom. The largest absolute Gasteiger partial charge is 0.279 e. The quantitative estimate of drug-likeness (QED) is 0.337. The van der Waals surface area contributed by atoms with Gasteiger partial charge in [0.1, 0.15) is 5.52 Å². The van der Waals surface area contributed by atoms with Crippen LogP contribution < -0.4 is 4.90 Å². The van der Waals surface area contributed by atoms with E-state index in [1.807, 2.05) is 18.2 Å². The van der Waals surface area contributed by atoms with Gasteiger partial charge in [0.15, 0.2) is 5.13 Å². The first kappa shape index (κ1) is 24.3. The van der Waals surface area contributed by atoms with E-state index < -0.39 is 10.0 Å². The Morgan fingerprint density at radius 2 is 1.82 bits per heavy atom. The van der Waals surface area contributed by atoms with Gasteiger partial charge >= 0.3 is 0 Å². The van der Waals surface area contributed by atoms with Crippen molar-refractivity contribution < 1.29 is 13.2 Å². The number of anilines is 1. The number of hydrogen-bond acceptors (Lipinski definition) is 6. The van der Waals surface area contributed by atoms with Crippen LogP contribution in [-0.4, -0.2) is 41.7 Å². The van der Waals surface area contributed by atoms with Crippen molar-refractivity contribution in [3.8, 4) is 0 Å².